The highest BCUT2D eigenvalue weighted by molar-refractivity contribution is 5.72. The van der Waals surface area contributed by atoms with Crippen LogP contribution in [-0.2, 0) is 11.3 Å². The summed E-state index contributed by atoms with van der Waals surface area (Å²) in [4.78, 5) is 16.1. The number of nitrogens with zero attached hydrogens (tertiary/aromatic N) is 2. The van der Waals surface area contributed by atoms with E-state index >= 15 is 0 Å². The predicted octanol–water partition coefficient (Wildman–Crippen LogP) is 2.46. The first-order valence-corrected chi connectivity index (χ1v) is 8.81. The number of likely N-dealkylation sites (N-methyl/N-ethyl adjacent to an activating group) is 1. The lowest BCUT2D eigenvalue weighted by molar-refractivity contribution is -0.144. The first-order chi connectivity index (χ1) is 11.8. The van der Waals surface area contributed by atoms with Gasteiger partial charge in [0.05, 0.1) is 7.11 Å². The van der Waals surface area contributed by atoms with E-state index in [-0.39, 0.29) is 5.54 Å². The Kier molecular flexibility index (Phi) is 6.30. The molecule has 2 rings (SSSR count). The summed E-state index contributed by atoms with van der Waals surface area (Å²) in [5, 5.41) is 9.16. The maximum absolute atomic E-state index is 11.2. The molecular formula is C19H30N2O4. The van der Waals surface area contributed by atoms with E-state index in [4.69, 9.17) is 14.6 Å². The van der Waals surface area contributed by atoms with Crippen LogP contribution in [0.4, 0.5) is 0 Å². The number of hydrogen-bond acceptors (Lipinski definition) is 5. The van der Waals surface area contributed by atoms with Crippen molar-refractivity contribution in [2.45, 2.75) is 45.9 Å². The molecule has 0 saturated carbocycles. The lowest BCUT2D eigenvalue weighted by Gasteiger charge is -2.47. The Balaban J connectivity index is 2.20. The van der Waals surface area contributed by atoms with Crippen LogP contribution in [0, 0.1) is 0 Å². The molecule has 6 nitrogen and oxygen atoms in total. The molecule has 1 saturated heterocycles. The number of rotatable bonds is 7. The molecule has 0 unspecified atom stereocenters. The average molecular weight is 350 g/mol. The van der Waals surface area contributed by atoms with Crippen molar-refractivity contribution in [3.05, 3.63) is 23.8 Å². The smallest absolute Gasteiger partial charge is 0.344 e. The number of carboxylic acids is 1. The molecule has 6 heteroatoms. The summed E-state index contributed by atoms with van der Waals surface area (Å²) in [7, 11) is 1.57. The summed E-state index contributed by atoms with van der Waals surface area (Å²) in [6, 6.07) is 5.69. The molecule has 1 aromatic rings. The molecule has 1 fully saturated rings. The van der Waals surface area contributed by atoms with E-state index in [2.05, 4.69) is 30.6 Å². The first kappa shape index (κ1) is 19.5. The second kappa shape index (κ2) is 8.06. The van der Waals surface area contributed by atoms with Crippen LogP contribution in [0.1, 0.15) is 33.3 Å². The first-order valence-electron chi connectivity index (χ1n) is 8.81. The Labute approximate surface area is 150 Å². The van der Waals surface area contributed by atoms with E-state index in [1.807, 2.05) is 12.1 Å². The van der Waals surface area contributed by atoms with Crippen molar-refractivity contribution in [1.82, 2.24) is 9.80 Å². The number of para-hydroxylation sites is 1. The van der Waals surface area contributed by atoms with Crippen LogP contribution in [0.2, 0.25) is 0 Å². The van der Waals surface area contributed by atoms with E-state index in [9.17, 15) is 4.79 Å². The Morgan fingerprint density at radius 2 is 2.08 bits per heavy atom. The van der Waals surface area contributed by atoms with E-state index in [1.54, 1.807) is 13.2 Å². The highest BCUT2D eigenvalue weighted by Crippen LogP contribution is 2.34. The van der Waals surface area contributed by atoms with Gasteiger partial charge in [-0.25, -0.2) is 4.79 Å². The van der Waals surface area contributed by atoms with Crippen LogP contribution < -0.4 is 9.47 Å². The molecule has 1 heterocycles. The van der Waals surface area contributed by atoms with Gasteiger partial charge in [0, 0.05) is 37.3 Å². The highest BCUT2D eigenvalue weighted by Gasteiger charge is 2.33. The molecule has 0 aliphatic carbocycles. The van der Waals surface area contributed by atoms with Gasteiger partial charge in [-0.05, 0) is 33.4 Å². The number of piperazine rings is 1. The van der Waals surface area contributed by atoms with Crippen molar-refractivity contribution in [1.29, 1.82) is 0 Å². The maximum atomic E-state index is 11.2. The summed E-state index contributed by atoms with van der Waals surface area (Å²) in [6.45, 7) is 12.9. The molecule has 0 bridgehead atoms. The van der Waals surface area contributed by atoms with Crippen LogP contribution in [0.5, 0.6) is 11.5 Å². The van der Waals surface area contributed by atoms with Gasteiger partial charge in [-0.15, -0.1) is 0 Å². The SMILES string of the molecule is CCN1CCN(Cc2cccc(OC)c2O[C@@H](C)C(=O)O)CC1(C)C. The monoisotopic (exact) mass is 350 g/mol. The predicted molar refractivity (Wildman–Crippen MR) is 97.3 cm³/mol. The number of carbonyl (C=O) groups is 1. The standard InChI is InChI=1S/C19H30N2O4/c1-6-21-11-10-20(13-19(21,3)4)12-15-8-7-9-16(24-5)17(15)25-14(2)18(22)23/h7-9,14H,6,10-13H2,1-5H3,(H,22,23)/t14-/m0/s1. The van der Waals surface area contributed by atoms with Crippen molar-refractivity contribution in [2.75, 3.05) is 33.3 Å². The number of carboxylic acid groups (broad SMARTS) is 1. The molecule has 0 spiro atoms. The van der Waals surface area contributed by atoms with Crippen molar-refractivity contribution >= 4 is 5.97 Å². The van der Waals surface area contributed by atoms with Gasteiger partial charge in [0.2, 0.25) is 0 Å². The number of hydrogen-bond donors (Lipinski definition) is 1. The van der Waals surface area contributed by atoms with Crippen molar-refractivity contribution in [3.8, 4) is 11.5 Å². The van der Waals surface area contributed by atoms with Gasteiger partial charge in [0.15, 0.2) is 17.6 Å². The number of aliphatic carboxylic acids is 1. The summed E-state index contributed by atoms with van der Waals surface area (Å²) < 4.78 is 11.1. The molecule has 140 valence electrons. The largest absolute Gasteiger partial charge is 0.493 e. The number of ether oxygens (including phenoxy) is 2. The van der Waals surface area contributed by atoms with Crippen LogP contribution in [0.3, 0.4) is 0 Å². The molecule has 0 amide bonds. The molecule has 0 radical (unpaired) electrons. The summed E-state index contributed by atoms with van der Waals surface area (Å²) in [5.74, 6) is 0.0993. The van der Waals surface area contributed by atoms with Crippen molar-refractivity contribution < 1.29 is 19.4 Å². The van der Waals surface area contributed by atoms with E-state index < -0.39 is 12.1 Å². The molecule has 1 aromatic carbocycles. The van der Waals surface area contributed by atoms with Gasteiger partial charge in [-0.1, -0.05) is 19.1 Å². The Bertz CT molecular complexity index is 603. The van der Waals surface area contributed by atoms with Gasteiger partial charge >= 0.3 is 5.97 Å². The summed E-state index contributed by atoms with van der Waals surface area (Å²) >= 11 is 0. The lowest BCUT2D eigenvalue weighted by atomic mass is 9.98. The quantitative estimate of drug-likeness (QED) is 0.815. The Morgan fingerprint density at radius 3 is 2.64 bits per heavy atom. The normalized spacial score (nSPS) is 19.4. The average Bonchev–Trinajstić information content (AvgIpc) is 2.55. The topological polar surface area (TPSA) is 62.2 Å². The molecule has 1 N–H and O–H groups in total. The third-order valence-electron chi connectivity index (χ3n) is 4.85. The number of methoxy groups -OCH3 is 1. The molecule has 1 atom stereocenters. The summed E-state index contributed by atoms with van der Waals surface area (Å²) in [6.07, 6.45) is -0.927. The molecule has 1 aliphatic rings. The van der Waals surface area contributed by atoms with Crippen LogP contribution in [0.25, 0.3) is 0 Å². The fourth-order valence-electron chi connectivity index (χ4n) is 3.46. The third kappa shape index (κ3) is 4.64. The van der Waals surface area contributed by atoms with E-state index in [0.717, 1.165) is 31.7 Å². The zero-order valence-electron chi connectivity index (χ0n) is 15.9. The Hall–Kier alpha value is -1.79. The van der Waals surface area contributed by atoms with Crippen LogP contribution >= 0.6 is 0 Å². The minimum absolute atomic E-state index is 0.112. The third-order valence-corrected chi connectivity index (χ3v) is 4.85. The van der Waals surface area contributed by atoms with E-state index in [0.29, 0.717) is 18.0 Å². The van der Waals surface area contributed by atoms with Crippen molar-refractivity contribution in [3.63, 3.8) is 0 Å². The van der Waals surface area contributed by atoms with Crippen LogP contribution in [-0.4, -0.2) is 65.8 Å². The zero-order valence-corrected chi connectivity index (χ0v) is 15.9. The minimum Gasteiger partial charge on any atom is -0.493 e. The second-order valence-corrected chi connectivity index (χ2v) is 7.15. The molecular weight excluding hydrogens is 320 g/mol. The molecule has 1 aliphatic heterocycles. The van der Waals surface area contributed by atoms with Gasteiger partial charge < -0.3 is 14.6 Å². The van der Waals surface area contributed by atoms with Crippen LogP contribution in [0.15, 0.2) is 18.2 Å². The fourth-order valence-corrected chi connectivity index (χ4v) is 3.46. The zero-order chi connectivity index (χ0) is 18.6. The highest BCUT2D eigenvalue weighted by atomic mass is 16.5. The second-order valence-electron chi connectivity index (χ2n) is 7.15. The maximum Gasteiger partial charge on any atom is 0.344 e. The Morgan fingerprint density at radius 1 is 1.36 bits per heavy atom. The molecule has 0 aromatic heterocycles. The van der Waals surface area contributed by atoms with Gasteiger partial charge in [-0.2, -0.15) is 0 Å². The summed E-state index contributed by atoms with van der Waals surface area (Å²) in [5.41, 5.74) is 1.06. The fraction of sp³-hybridized carbons (Fsp3) is 0.632. The number of benzene rings is 1. The van der Waals surface area contributed by atoms with Crippen molar-refractivity contribution in [2.24, 2.45) is 0 Å². The van der Waals surface area contributed by atoms with E-state index in [1.165, 1.54) is 6.92 Å². The van der Waals surface area contributed by atoms with Gasteiger partial charge in [0.1, 0.15) is 0 Å². The van der Waals surface area contributed by atoms with Gasteiger partial charge in [-0.3, -0.25) is 9.80 Å². The van der Waals surface area contributed by atoms with Gasteiger partial charge in [0.25, 0.3) is 0 Å². The lowest BCUT2D eigenvalue weighted by Crippen LogP contribution is -2.58. The minimum atomic E-state index is -0.991. The molecule has 25 heavy (non-hydrogen) atoms.